The average molecular weight is 439 g/mol. The second kappa shape index (κ2) is 9.98. The lowest BCUT2D eigenvalue weighted by atomic mass is 10.2. The van der Waals surface area contributed by atoms with Crippen LogP contribution in [0.2, 0.25) is 5.02 Å². The van der Waals surface area contributed by atoms with E-state index in [1.165, 1.54) is 4.31 Å². The van der Waals surface area contributed by atoms with Gasteiger partial charge in [-0.15, -0.1) is 0 Å². The quantitative estimate of drug-likeness (QED) is 0.619. The number of rotatable bonds is 9. The summed E-state index contributed by atoms with van der Waals surface area (Å²) in [6, 6.07) is 12.3. The Morgan fingerprint density at radius 1 is 1.21 bits per heavy atom. The summed E-state index contributed by atoms with van der Waals surface area (Å²) in [7, 11) is -3.50. The minimum absolute atomic E-state index is 0.0397. The fourth-order valence-electron chi connectivity index (χ4n) is 2.84. The molecule has 0 spiro atoms. The Bertz CT molecular complexity index is 961. The predicted molar refractivity (Wildman–Crippen MR) is 118 cm³/mol. The summed E-state index contributed by atoms with van der Waals surface area (Å²) in [6.45, 7) is 5.87. The minimum atomic E-state index is -3.50. The van der Waals surface area contributed by atoms with Gasteiger partial charge in [-0.3, -0.25) is 9.10 Å². The number of nitrogens with zero attached hydrogens (tertiary/aromatic N) is 1. The molecule has 2 aromatic rings. The Kier molecular flexibility index (Phi) is 7.93. The Morgan fingerprint density at radius 2 is 1.93 bits per heavy atom. The summed E-state index contributed by atoms with van der Waals surface area (Å²) in [6.07, 6.45) is 1.74. The lowest BCUT2D eigenvalue weighted by Crippen LogP contribution is -2.32. The molecule has 0 aliphatic heterocycles. The van der Waals surface area contributed by atoms with Crippen molar-refractivity contribution in [1.82, 2.24) is 0 Å². The van der Waals surface area contributed by atoms with Crippen LogP contribution in [-0.4, -0.2) is 33.2 Å². The topological polar surface area (TPSA) is 75.7 Å². The summed E-state index contributed by atoms with van der Waals surface area (Å²) in [5.74, 6) is 0.487. The first-order chi connectivity index (χ1) is 13.6. The number of carbonyl (C=O) groups is 1. The number of ether oxygens (including phenoxy) is 1. The maximum Gasteiger partial charge on any atom is 0.232 e. The molecule has 0 atom stereocenters. The molecule has 0 radical (unpaired) electrons. The molecule has 0 unspecified atom stereocenters. The minimum Gasteiger partial charge on any atom is -0.491 e. The first-order valence-electron chi connectivity index (χ1n) is 9.36. The molecule has 6 nitrogen and oxygen atoms in total. The Hall–Kier alpha value is -2.25. The molecule has 0 saturated carbocycles. The average Bonchev–Trinajstić information content (AvgIpc) is 2.60. The third-order valence-corrected chi connectivity index (χ3v) is 5.51. The van der Waals surface area contributed by atoms with Crippen molar-refractivity contribution in [2.45, 2.75) is 39.7 Å². The van der Waals surface area contributed by atoms with Crippen LogP contribution in [0.25, 0.3) is 0 Å². The molecule has 0 aliphatic rings. The van der Waals surface area contributed by atoms with Crippen molar-refractivity contribution in [3.8, 4) is 5.75 Å². The van der Waals surface area contributed by atoms with Crippen molar-refractivity contribution in [2.75, 3.05) is 22.4 Å². The van der Waals surface area contributed by atoms with E-state index >= 15 is 0 Å². The van der Waals surface area contributed by atoms with Gasteiger partial charge in [0.1, 0.15) is 5.75 Å². The van der Waals surface area contributed by atoms with E-state index in [1.807, 2.05) is 26.8 Å². The highest BCUT2D eigenvalue weighted by molar-refractivity contribution is 7.92. The SMILES string of the molecule is Cc1ccc(Cl)cc1N(CCCC(=O)Nc1cccc(OC(C)C)c1)S(C)(=O)=O. The predicted octanol–water partition coefficient (Wildman–Crippen LogP) is 4.62. The molecule has 0 aliphatic carbocycles. The van der Waals surface area contributed by atoms with Crippen LogP contribution in [0.3, 0.4) is 0 Å². The molecule has 0 heterocycles. The number of hydrogen-bond donors (Lipinski definition) is 1. The fourth-order valence-corrected chi connectivity index (χ4v) is 4.02. The van der Waals surface area contributed by atoms with E-state index in [1.54, 1.807) is 36.4 Å². The largest absolute Gasteiger partial charge is 0.491 e. The van der Waals surface area contributed by atoms with Gasteiger partial charge in [-0.05, 0) is 57.0 Å². The van der Waals surface area contributed by atoms with Crippen LogP contribution in [0.15, 0.2) is 42.5 Å². The zero-order valence-electron chi connectivity index (χ0n) is 17.1. The summed E-state index contributed by atoms with van der Waals surface area (Å²) in [5.41, 5.74) is 1.96. The lowest BCUT2D eigenvalue weighted by molar-refractivity contribution is -0.116. The maximum absolute atomic E-state index is 12.3. The second-order valence-corrected chi connectivity index (χ2v) is 9.46. The molecule has 1 amide bonds. The highest BCUT2D eigenvalue weighted by Crippen LogP contribution is 2.26. The first-order valence-corrected chi connectivity index (χ1v) is 11.6. The maximum atomic E-state index is 12.3. The second-order valence-electron chi connectivity index (χ2n) is 7.11. The lowest BCUT2D eigenvalue weighted by Gasteiger charge is -2.24. The molecule has 29 heavy (non-hydrogen) atoms. The zero-order chi connectivity index (χ0) is 21.6. The number of anilines is 2. The summed E-state index contributed by atoms with van der Waals surface area (Å²) in [4.78, 5) is 12.3. The highest BCUT2D eigenvalue weighted by Gasteiger charge is 2.19. The van der Waals surface area contributed by atoms with Gasteiger partial charge in [-0.2, -0.15) is 0 Å². The number of benzene rings is 2. The van der Waals surface area contributed by atoms with E-state index in [-0.39, 0.29) is 25.0 Å². The van der Waals surface area contributed by atoms with Gasteiger partial charge in [0.2, 0.25) is 15.9 Å². The number of hydrogen-bond acceptors (Lipinski definition) is 4. The Morgan fingerprint density at radius 3 is 2.59 bits per heavy atom. The van der Waals surface area contributed by atoms with Gasteiger partial charge in [0.25, 0.3) is 0 Å². The normalized spacial score (nSPS) is 11.4. The van der Waals surface area contributed by atoms with E-state index in [2.05, 4.69) is 5.32 Å². The van der Waals surface area contributed by atoms with Gasteiger partial charge in [-0.1, -0.05) is 23.7 Å². The molecule has 2 aromatic carbocycles. The van der Waals surface area contributed by atoms with Crippen molar-refractivity contribution in [3.63, 3.8) is 0 Å². The molecule has 0 fully saturated rings. The van der Waals surface area contributed by atoms with Crippen LogP contribution in [0.5, 0.6) is 5.75 Å². The summed E-state index contributed by atoms with van der Waals surface area (Å²) >= 11 is 6.03. The van der Waals surface area contributed by atoms with Crippen molar-refractivity contribution >= 4 is 38.9 Å². The van der Waals surface area contributed by atoms with E-state index in [0.717, 1.165) is 11.8 Å². The number of amides is 1. The van der Waals surface area contributed by atoms with Gasteiger partial charge in [0.05, 0.1) is 18.0 Å². The van der Waals surface area contributed by atoms with Crippen molar-refractivity contribution in [3.05, 3.63) is 53.1 Å². The number of halogens is 1. The van der Waals surface area contributed by atoms with E-state index in [9.17, 15) is 13.2 Å². The molecule has 158 valence electrons. The third kappa shape index (κ3) is 7.25. The molecule has 8 heteroatoms. The monoisotopic (exact) mass is 438 g/mol. The van der Waals surface area contributed by atoms with E-state index < -0.39 is 10.0 Å². The molecule has 0 saturated heterocycles. The van der Waals surface area contributed by atoms with Gasteiger partial charge in [0.15, 0.2) is 0 Å². The summed E-state index contributed by atoms with van der Waals surface area (Å²) < 4.78 is 31.4. The summed E-state index contributed by atoms with van der Waals surface area (Å²) in [5, 5.41) is 3.28. The third-order valence-electron chi connectivity index (χ3n) is 4.09. The molecular formula is C21H27ClN2O4S. The number of nitrogens with one attached hydrogen (secondary N) is 1. The van der Waals surface area contributed by atoms with Crippen molar-refractivity contribution in [2.24, 2.45) is 0 Å². The van der Waals surface area contributed by atoms with Gasteiger partial charge < -0.3 is 10.1 Å². The fraction of sp³-hybridized carbons (Fsp3) is 0.381. The Labute approximate surface area is 177 Å². The molecular weight excluding hydrogens is 412 g/mol. The first kappa shape index (κ1) is 23.0. The highest BCUT2D eigenvalue weighted by atomic mass is 35.5. The van der Waals surface area contributed by atoms with Gasteiger partial charge in [-0.25, -0.2) is 8.42 Å². The van der Waals surface area contributed by atoms with Crippen LogP contribution in [-0.2, 0) is 14.8 Å². The number of aryl methyl sites for hydroxylation is 1. The molecule has 2 rings (SSSR count). The molecule has 0 aromatic heterocycles. The zero-order valence-corrected chi connectivity index (χ0v) is 18.7. The van der Waals surface area contributed by atoms with Crippen molar-refractivity contribution < 1.29 is 17.9 Å². The Balaban J connectivity index is 1.99. The van der Waals surface area contributed by atoms with E-state index in [0.29, 0.717) is 28.6 Å². The van der Waals surface area contributed by atoms with Gasteiger partial charge >= 0.3 is 0 Å². The smallest absolute Gasteiger partial charge is 0.232 e. The van der Waals surface area contributed by atoms with Gasteiger partial charge in [0, 0.05) is 29.7 Å². The van der Waals surface area contributed by atoms with Crippen molar-refractivity contribution in [1.29, 1.82) is 0 Å². The van der Waals surface area contributed by atoms with Crippen LogP contribution in [0.4, 0.5) is 11.4 Å². The molecule has 1 N–H and O–H groups in total. The van der Waals surface area contributed by atoms with Crippen LogP contribution >= 0.6 is 11.6 Å². The van der Waals surface area contributed by atoms with Crippen LogP contribution in [0, 0.1) is 6.92 Å². The van der Waals surface area contributed by atoms with E-state index in [4.69, 9.17) is 16.3 Å². The molecule has 0 bridgehead atoms. The number of carbonyl (C=O) groups excluding carboxylic acids is 1. The van der Waals surface area contributed by atoms with Crippen LogP contribution < -0.4 is 14.4 Å². The number of sulfonamides is 1. The standard InChI is InChI=1S/C21H27ClN2O4S/c1-15(2)28-19-8-5-7-18(14-19)23-21(25)9-6-12-24(29(4,26)27)20-13-17(22)11-10-16(20)3/h5,7-8,10-11,13-15H,6,9,12H2,1-4H3,(H,23,25). The van der Waals surface area contributed by atoms with Crippen LogP contribution in [0.1, 0.15) is 32.3 Å².